The van der Waals surface area contributed by atoms with E-state index in [0.717, 1.165) is 5.56 Å². The predicted octanol–water partition coefficient (Wildman–Crippen LogP) is 2.58. The quantitative estimate of drug-likeness (QED) is 0.845. The van der Waals surface area contributed by atoms with Gasteiger partial charge in [0, 0.05) is 13.1 Å². The lowest BCUT2D eigenvalue weighted by molar-refractivity contribution is 1.05. The van der Waals surface area contributed by atoms with Crippen LogP contribution in [0.15, 0.2) is 42.5 Å². The second kappa shape index (κ2) is 5.13. The first-order chi connectivity index (χ1) is 8.24. The molecule has 0 amide bonds. The zero-order chi connectivity index (χ0) is 12.3. The van der Waals surface area contributed by atoms with Crippen LogP contribution in [0, 0.1) is 6.92 Å². The second-order valence-electron chi connectivity index (χ2n) is 4.25. The van der Waals surface area contributed by atoms with Crippen molar-refractivity contribution < 1.29 is 0 Å². The lowest BCUT2D eigenvalue weighted by atomic mass is 9.99. The van der Waals surface area contributed by atoms with Gasteiger partial charge in [0.2, 0.25) is 0 Å². The van der Waals surface area contributed by atoms with Gasteiger partial charge >= 0.3 is 0 Å². The zero-order valence-corrected chi connectivity index (χ0v) is 10.1. The topological polar surface area (TPSA) is 52.0 Å². The molecule has 0 spiro atoms. The Kier molecular flexibility index (Phi) is 3.57. The van der Waals surface area contributed by atoms with Crippen molar-refractivity contribution in [1.29, 1.82) is 0 Å². The Hall–Kier alpha value is -1.64. The maximum Gasteiger partial charge on any atom is 0.0180 e. The molecule has 0 radical (unpaired) electrons. The van der Waals surface area contributed by atoms with Crippen LogP contribution in [0.5, 0.6) is 0 Å². The minimum atomic E-state index is 0.589. The van der Waals surface area contributed by atoms with E-state index in [1.807, 2.05) is 0 Å². The van der Waals surface area contributed by atoms with E-state index >= 15 is 0 Å². The van der Waals surface area contributed by atoms with E-state index < -0.39 is 0 Å². The molecule has 0 bridgehead atoms. The van der Waals surface area contributed by atoms with E-state index in [9.17, 15) is 0 Å². The van der Waals surface area contributed by atoms with Crippen LogP contribution in [0.3, 0.4) is 0 Å². The molecule has 0 aliphatic rings. The highest BCUT2D eigenvalue weighted by atomic mass is 14.5. The van der Waals surface area contributed by atoms with E-state index in [0.29, 0.717) is 13.1 Å². The number of benzene rings is 2. The molecule has 2 heteroatoms. The minimum Gasteiger partial charge on any atom is -0.326 e. The van der Waals surface area contributed by atoms with Crippen molar-refractivity contribution in [3.8, 4) is 11.1 Å². The van der Waals surface area contributed by atoms with Crippen LogP contribution in [0.25, 0.3) is 11.1 Å². The summed E-state index contributed by atoms with van der Waals surface area (Å²) in [4.78, 5) is 0. The molecular weight excluding hydrogens is 208 g/mol. The van der Waals surface area contributed by atoms with Crippen LogP contribution in [-0.2, 0) is 13.1 Å². The van der Waals surface area contributed by atoms with Crippen LogP contribution in [0.1, 0.15) is 16.7 Å². The molecule has 2 rings (SSSR count). The SMILES string of the molecule is Cc1cc(-c2ccc(CN)cc2)ccc1CN. The van der Waals surface area contributed by atoms with Gasteiger partial charge in [-0.15, -0.1) is 0 Å². The molecule has 88 valence electrons. The van der Waals surface area contributed by atoms with Gasteiger partial charge in [0.05, 0.1) is 0 Å². The number of nitrogens with two attached hydrogens (primary N) is 2. The summed E-state index contributed by atoms with van der Waals surface area (Å²) in [6, 6.07) is 14.8. The van der Waals surface area contributed by atoms with Crippen LogP contribution < -0.4 is 11.5 Å². The Morgan fingerprint density at radius 3 is 2.00 bits per heavy atom. The summed E-state index contributed by atoms with van der Waals surface area (Å²) in [6.45, 7) is 3.28. The average molecular weight is 226 g/mol. The summed E-state index contributed by atoms with van der Waals surface area (Å²) in [5, 5.41) is 0. The van der Waals surface area contributed by atoms with Gasteiger partial charge in [0.15, 0.2) is 0 Å². The standard InChI is InChI=1S/C15H18N2/c1-11-8-14(6-7-15(11)10-17)13-4-2-12(9-16)3-5-13/h2-8H,9-10,16-17H2,1H3. The van der Waals surface area contributed by atoms with E-state index in [2.05, 4.69) is 49.4 Å². The molecule has 2 aromatic carbocycles. The predicted molar refractivity (Wildman–Crippen MR) is 72.4 cm³/mol. The van der Waals surface area contributed by atoms with Gasteiger partial charge < -0.3 is 11.5 Å². The molecule has 0 aliphatic carbocycles. The third-order valence-corrected chi connectivity index (χ3v) is 3.09. The molecule has 0 unspecified atom stereocenters. The van der Waals surface area contributed by atoms with Gasteiger partial charge in [-0.2, -0.15) is 0 Å². The Balaban J connectivity index is 2.35. The molecule has 0 fully saturated rings. The van der Waals surface area contributed by atoms with E-state index in [1.165, 1.54) is 22.3 Å². The van der Waals surface area contributed by atoms with Crippen molar-refractivity contribution in [2.24, 2.45) is 11.5 Å². The summed E-state index contributed by atoms with van der Waals surface area (Å²) in [7, 11) is 0. The smallest absolute Gasteiger partial charge is 0.0180 e. The van der Waals surface area contributed by atoms with Crippen molar-refractivity contribution in [2.45, 2.75) is 20.0 Å². The molecule has 2 aromatic rings. The first-order valence-corrected chi connectivity index (χ1v) is 5.83. The summed E-state index contributed by atoms with van der Waals surface area (Å²) in [5.74, 6) is 0. The molecule has 17 heavy (non-hydrogen) atoms. The van der Waals surface area contributed by atoms with Crippen LogP contribution in [0.2, 0.25) is 0 Å². The second-order valence-corrected chi connectivity index (χ2v) is 4.25. The maximum atomic E-state index is 5.66. The third kappa shape index (κ3) is 2.54. The van der Waals surface area contributed by atoms with Gasteiger partial charge in [-0.05, 0) is 34.7 Å². The molecule has 0 saturated carbocycles. The summed E-state index contributed by atoms with van der Waals surface area (Å²) < 4.78 is 0. The fraction of sp³-hybridized carbons (Fsp3) is 0.200. The van der Waals surface area contributed by atoms with Crippen molar-refractivity contribution in [3.05, 3.63) is 59.2 Å². The molecule has 0 aliphatic heterocycles. The monoisotopic (exact) mass is 226 g/mol. The summed E-state index contributed by atoms with van der Waals surface area (Å²) in [6.07, 6.45) is 0. The fourth-order valence-corrected chi connectivity index (χ4v) is 1.94. The third-order valence-electron chi connectivity index (χ3n) is 3.09. The highest BCUT2D eigenvalue weighted by Gasteiger charge is 2.01. The molecule has 4 N–H and O–H groups in total. The van der Waals surface area contributed by atoms with Crippen LogP contribution >= 0.6 is 0 Å². The van der Waals surface area contributed by atoms with Crippen LogP contribution in [-0.4, -0.2) is 0 Å². The number of aryl methyl sites for hydroxylation is 1. The first-order valence-electron chi connectivity index (χ1n) is 5.83. The lowest BCUT2D eigenvalue weighted by Crippen LogP contribution is -1.99. The van der Waals surface area contributed by atoms with E-state index in [-0.39, 0.29) is 0 Å². The highest BCUT2D eigenvalue weighted by Crippen LogP contribution is 2.22. The van der Waals surface area contributed by atoms with Gasteiger partial charge in [-0.25, -0.2) is 0 Å². The minimum absolute atomic E-state index is 0.589. The summed E-state index contributed by atoms with van der Waals surface area (Å²) in [5.41, 5.74) is 17.3. The Morgan fingerprint density at radius 2 is 1.47 bits per heavy atom. The molecule has 0 aromatic heterocycles. The Labute approximate surface area is 102 Å². The van der Waals surface area contributed by atoms with Crippen molar-refractivity contribution in [1.82, 2.24) is 0 Å². The molecule has 0 heterocycles. The van der Waals surface area contributed by atoms with Gasteiger partial charge in [0.25, 0.3) is 0 Å². The van der Waals surface area contributed by atoms with Gasteiger partial charge in [-0.1, -0.05) is 42.5 Å². The van der Waals surface area contributed by atoms with Gasteiger partial charge in [0.1, 0.15) is 0 Å². The number of rotatable bonds is 3. The van der Waals surface area contributed by atoms with Crippen LogP contribution in [0.4, 0.5) is 0 Å². The van der Waals surface area contributed by atoms with E-state index in [1.54, 1.807) is 0 Å². The fourth-order valence-electron chi connectivity index (χ4n) is 1.94. The van der Waals surface area contributed by atoms with Crippen molar-refractivity contribution >= 4 is 0 Å². The maximum absolute atomic E-state index is 5.66. The van der Waals surface area contributed by atoms with Crippen molar-refractivity contribution in [2.75, 3.05) is 0 Å². The first kappa shape index (κ1) is 11.8. The molecule has 2 nitrogen and oxygen atoms in total. The van der Waals surface area contributed by atoms with Crippen molar-refractivity contribution in [3.63, 3.8) is 0 Å². The molecule has 0 saturated heterocycles. The van der Waals surface area contributed by atoms with Gasteiger partial charge in [-0.3, -0.25) is 0 Å². The normalized spacial score (nSPS) is 10.5. The average Bonchev–Trinajstić information content (AvgIpc) is 2.39. The molecular formula is C15H18N2. The molecule has 0 atom stereocenters. The Morgan fingerprint density at radius 1 is 0.824 bits per heavy atom. The Bertz CT molecular complexity index is 501. The number of hydrogen-bond acceptors (Lipinski definition) is 2. The largest absolute Gasteiger partial charge is 0.326 e. The highest BCUT2D eigenvalue weighted by molar-refractivity contribution is 5.65. The number of hydrogen-bond donors (Lipinski definition) is 2. The summed E-state index contributed by atoms with van der Waals surface area (Å²) >= 11 is 0. The van der Waals surface area contributed by atoms with E-state index in [4.69, 9.17) is 11.5 Å². The zero-order valence-electron chi connectivity index (χ0n) is 10.1. The lowest BCUT2D eigenvalue weighted by Gasteiger charge is -2.07.